The average Bonchev–Trinajstić information content (AvgIpc) is 3.13. The number of ketones is 1. The molecule has 5 rings (SSSR count). The normalized spacial score (nSPS) is 21.3. The molecule has 0 fully saturated rings. The summed E-state index contributed by atoms with van der Waals surface area (Å²) in [5.74, 6) is 0.330. The number of hydrogen-bond acceptors (Lipinski definition) is 3. The van der Waals surface area contributed by atoms with Gasteiger partial charge in [0.25, 0.3) is 0 Å². The molecule has 1 aliphatic carbocycles. The number of hydrogen-bond donors (Lipinski definition) is 1. The van der Waals surface area contributed by atoms with Gasteiger partial charge in [-0.15, -0.1) is 11.3 Å². The van der Waals surface area contributed by atoms with Crippen LogP contribution in [0.25, 0.3) is 10.8 Å². The number of thiophene rings is 1. The lowest BCUT2D eigenvalue weighted by molar-refractivity contribution is -0.118. The zero-order chi connectivity index (χ0) is 17.9. The Morgan fingerprint density at radius 3 is 2.69 bits per heavy atom. The van der Waals surface area contributed by atoms with Crippen molar-refractivity contribution >= 4 is 33.6 Å². The Morgan fingerprint density at radius 1 is 1.04 bits per heavy atom. The first-order valence-electron chi connectivity index (χ1n) is 9.12. The highest BCUT2D eigenvalue weighted by Gasteiger charge is 2.41. The number of carbonyl (C=O) groups excluding carboxylic acids is 1. The molecule has 1 N–H and O–H groups in total. The number of carbonyl (C=O) groups is 1. The van der Waals surface area contributed by atoms with E-state index in [1.54, 1.807) is 11.3 Å². The van der Waals surface area contributed by atoms with E-state index in [0.717, 1.165) is 23.4 Å². The topological polar surface area (TPSA) is 29.1 Å². The van der Waals surface area contributed by atoms with Crippen LogP contribution in [0.5, 0.6) is 0 Å². The maximum atomic E-state index is 13.2. The maximum absolute atomic E-state index is 13.2. The Labute approximate surface area is 157 Å². The summed E-state index contributed by atoms with van der Waals surface area (Å²) in [7, 11) is 0. The third-order valence-corrected chi connectivity index (χ3v) is 6.52. The summed E-state index contributed by atoms with van der Waals surface area (Å²) in [6.45, 7) is 4.37. The first-order chi connectivity index (χ1) is 12.5. The van der Waals surface area contributed by atoms with Crippen LogP contribution in [-0.2, 0) is 4.79 Å². The number of benzene rings is 2. The van der Waals surface area contributed by atoms with Crippen molar-refractivity contribution in [1.29, 1.82) is 0 Å². The van der Waals surface area contributed by atoms with Crippen LogP contribution in [0.2, 0.25) is 0 Å². The molecule has 2 nitrogen and oxygen atoms in total. The quantitative estimate of drug-likeness (QED) is 0.568. The molecule has 2 heterocycles. The van der Waals surface area contributed by atoms with E-state index in [-0.39, 0.29) is 11.3 Å². The van der Waals surface area contributed by atoms with Gasteiger partial charge < -0.3 is 5.32 Å². The van der Waals surface area contributed by atoms with E-state index in [2.05, 4.69) is 73.1 Å². The smallest absolute Gasteiger partial charge is 0.162 e. The van der Waals surface area contributed by atoms with Crippen molar-refractivity contribution < 1.29 is 4.79 Å². The fraction of sp³-hybridized carbons (Fsp3) is 0.261. The Hall–Kier alpha value is -2.39. The SMILES string of the molecule is CC1(C)CC(=O)C2=C(C1)Nc1ccc3ccccc3c1[C@@H]2c1cccs1. The first-order valence-corrected chi connectivity index (χ1v) is 10.00. The zero-order valence-corrected chi connectivity index (χ0v) is 15.8. The predicted molar refractivity (Wildman–Crippen MR) is 109 cm³/mol. The second kappa shape index (κ2) is 5.55. The summed E-state index contributed by atoms with van der Waals surface area (Å²) in [6.07, 6.45) is 1.54. The summed E-state index contributed by atoms with van der Waals surface area (Å²) in [5.41, 5.74) is 4.50. The minimum absolute atomic E-state index is 0.0112. The minimum Gasteiger partial charge on any atom is -0.358 e. The van der Waals surface area contributed by atoms with E-state index in [1.165, 1.54) is 21.2 Å². The lowest BCUT2D eigenvalue weighted by Crippen LogP contribution is -2.33. The summed E-state index contributed by atoms with van der Waals surface area (Å²) >= 11 is 1.75. The van der Waals surface area contributed by atoms with Gasteiger partial charge in [-0.2, -0.15) is 0 Å². The molecule has 0 unspecified atom stereocenters. The minimum atomic E-state index is 0.0112. The zero-order valence-electron chi connectivity index (χ0n) is 15.0. The molecule has 1 aromatic heterocycles. The fourth-order valence-corrected chi connectivity index (χ4v) is 5.39. The maximum Gasteiger partial charge on any atom is 0.162 e. The van der Waals surface area contributed by atoms with E-state index in [4.69, 9.17) is 0 Å². The van der Waals surface area contributed by atoms with E-state index >= 15 is 0 Å². The Bertz CT molecular complexity index is 1060. The van der Waals surface area contributed by atoms with Crippen LogP contribution in [-0.4, -0.2) is 5.78 Å². The number of rotatable bonds is 1. The predicted octanol–water partition coefficient (Wildman–Crippen LogP) is 6.10. The van der Waals surface area contributed by atoms with Gasteiger partial charge in [0, 0.05) is 28.3 Å². The monoisotopic (exact) mass is 359 g/mol. The molecule has 0 radical (unpaired) electrons. The third-order valence-electron chi connectivity index (χ3n) is 5.58. The highest BCUT2D eigenvalue weighted by molar-refractivity contribution is 7.10. The Balaban J connectivity index is 1.82. The van der Waals surface area contributed by atoms with Crippen molar-refractivity contribution in [2.45, 2.75) is 32.6 Å². The lowest BCUT2D eigenvalue weighted by Gasteiger charge is -2.39. The van der Waals surface area contributed by atoms with Gasteiger partial charge >= 0.3 is 0 Å². The second-order valence-corrected chi connectivity index (χ2v) is 9.13. The number of anilines is 1. The molecule has 0 spiro atoms. The van der Waals surface area contributed by atoms with E-state index in [1.807, 2.05) is 0 Å². The molecule has 2 aliphatic rings. The molecule has 3 aromatic rings. The highest BCUT2D eigenvalue weighted by Crippen LogP contribution is 2.51. The van der Waals surface area contributed by atoms with Gasteiger partial charge in [-0.1, -0.05) is 50.2 Å². The molecule has 0 amide bonds. The van der Waals surface area contributed by atoms with Gasteiger partial charge in [0.15, 0.2) is 5.78 Å². The Morgan fingerprint density at radius 2 is 1.88 bits per heavy atom. The molecule has 130 valence electrons. The highest BCUT2D eigenvalue weighted by atomic mass is 32.1. The molecule has 0 bridgehead atoms. The van der Waals surface area contributed by atoms with Crippen LogP contribution >= 0.6 is 11.3 Å². The van der Waals surface area contributed by atoms with Crippen LogP contribution in [0.15, 0.2) is 65.2 Å². The average molecular weight is 359 g/mol. The Kier molecular flexibility index (Phi) is 3.38. The molecular weight excluding hydrogens is 338 g/mol. The van der Waals surface area contributed by atoms with Gasteiger partial charge in [-0.05, 0) is 45.7 Å². The largest absolute Gasteiger partial charge is 0.358 e. The van der Waals surface area contributed by atoms with Gasteiger partial charge in [-0.25, -0.2) is 0 Å². The first kappa shape index (κ1) is 15.8. The van der Waals surface area contributed by atoms with Gasteiger partial charge in [0.05, 0.1) is 5.92 Å². The van der Waals surface area contributed by atoms with Crippen molar-refractivity contribution in [1.82, 2.24) is 0 Å². The van der Waals surface area contributed by atoms with Crippen molar-refractivity contribution in [2.24, 2.45) is 5.41 Å². The summed E-state index contributed by atoms with van der Waals surface area (Å²) < 4.78 is 0. The summed E-state index contributed by atoms with van der Waals surface area (Å²) in [4.78, 5) is 14.5. The van der Waals surface area contributed by atoms with Crippen molar-refractivity contribution in [3.63, 3.8) is 0 Å². The van der Waals surface area contributed by atoms with Crippen LogP contribution < -0.4 is 5.32 Å². The molecule has 2 aromatic carbocycles. The number of fused-ring (bicyclic) bond motifs is 3. The van der Waals surface area contributed by atoms with E-state index in [9.17, 15) is 4.79 Å². The standard InChI is InChI=1S/C23H21NOS/c1-23(2)12-17-21(18(25)13-23)22(19-8-5-11-26-19)20-15-7-4-3-6-14(15)9-10-16(20)24-17/h3-11,22,24H,12-13H2,1-2H3/t22-/m0/s1. The second-order valence-electron chi connectivity index (χ2n) is 8.15. The van der Waals surface area contributed by atoms with Gasteiger partial charge in [0.1, 0.15) is 0 Å². The van der Waals surface area contributed by atoms with Crippen molar-refractivity contribution in [3.05, 3.63) is 75.6 Å². The number of nitrogens with one attached hydrogen (secondary N) is 1. The number of Topliss-reactive ketones (excluding diaryl/α,β-unsaturated/α-hetero) is 1. The van der Waals surface area contributed by atoms with Crippen molar-refractivity contribution in [2.75, 3.05) is 5.32 Å². The van der Waals surface area contributed by atoms with Gasteiger partial charge in [-0.3, -0.25) is 4.79 Å². The molecule has 0 saturated carbocycles. The molecule has 1 atom stereocenters. The van der Waals surface area contributed by atoms with E-state index < -0.39 is 0 Å². The van der Waals surface area contributed by atoms with Crippen LogP contribution in [0.3, 0.4) is 0 Å². The third kappa shape index (κ3) is 2.34. The van der Waals surface area contributed by atoms with Crippen molar-refractivity contribution in [3.8, 4) is 0 Å². The number of allylic oxidation sites excluding steroid dienone is 2. The van der Waals surface area contributed by atoms with E-state index in [0.29, 0.717) is 12.2 Å². The fourth-order valence-electron chi connectivity index (χ4n) is 4.54. The molecular formula is C23H21NOS. The molecule has 1 aliphatic heterocycles. The van der Waals surface area contributed by atoms with Crippen LogP contribution in [0.4, 0.5) is 5.69 Å². The summed E-state index contributed by atoms with van der Waals surface area (Å²) in [6, 6.07) is 17.1. The van der Waals surface area contributed by atoms with Gasteiger partial charge in [0.2, 0.25) is 0 Å². The van der Waals surface area contributed by atoms with Crippen LogP contribution in [0, 0.1) is 5.41 Å². The molecule has 26 heavy (non-hydrogen) atoms. The summed E-state index contributed by atoms with van der Waals surface area (Å²) in [5, 5.41) is 8.20. The van der Waals surface area contributed by atoms with Crippen LogP contribution in [0.1, 0.15) is 43.0 Å². The molecule has 3 heteroatoms. The lowest BCUT2D eigenvalue weighted by atomic mass is 9.69. The molecule has 0 saturated heterocycles.